The van der Waals surface area contributed by atoms with E-state index in [4.69, 9.17) is 41.9 Å². The molecule has 0 radical (unpaired) electrons. The van der Waals surface area contributed by atoms with Gasteiger partial charge in [-0.25, -0.2) is 43.9 Å². The molecule has 0 unspecified atom stereocenters. The highest BCUT2D eigenvalue weighted by atomic mass is 16.6. The van der Waals surface area contributed by atoms with E-state index in [0.29, 0.717) is 5.56 Å². The summed E-state index contributed by atoms with van der Waals surface area (Å²) in [5, 5.41) is 15.4. The summed E-state index contributed by atoms with van der Waals surface area (Å²) in [5.41, 5.74) is 21.4. The molecule has 0 spiro atoms. The van der Waals surface area contributed by atoms with E-state index in [9.17, 15) is 71.9 Å². The molecule has 0 atom stereocenters. The van der Waals surface area contributed by atoms with Crippen LogP contribution in [0.5, 0.6) is 5.88 Å². The molecule has 640 valence electrons. The first-order valence-corrected chi connectivity index (χ1v) is 37.1. The third-order valence-electron chi connectivity index (χ3n) is 17.2. The lowest BCUT2D eigenvalue weighted by atomic mass is 10.2. The zero-order valence-corrected chi connectivity index (χ0v) is 66.1. The van der Waals surface area contributed by atoms with Crippen molar-refractivity contribution in [2.45, 2.75) is 72.3 Å². The fourth-order valence-electron chi connectivity index (χ4n) is 11.3. The molecule has 0 saturated carbocycles. The summed E-state index contributed by atoms with van der Waals surface area (Å²) < 4.78 is 26.8. The maximum Gasteiger partial charge on any atom is 0.413 e. The molecule has 0 fully saturated rings. The van der Waals surface area contributed by atoms with Crippen LogP contribution in [0.4, 0.5) is 38.8 Å². The highest BCUT2D eigenvalue weighted by molar-refractivity contribution is 5.94. The summed E-state index contributed by atoms with van der Waals surface area (Å²) in [7, 11) is 1.11. The van der Waals surface area contributed by atoms with E-state index in [1.54, 1.807) is 51.1 Å². The fourth-order valence-corrected chi connectivity index (χ4v) is 11.3. The summed E-state index contributed by atoms with van der Waals surface area (Å²) in [6, 6.07) is 21.8. The van der Waals surface area contributed by atoms with Crippen LogP contribution in [0.3, 0.4) is 0 Å². The van der Waals surface area contributed by atoms with Crippen LogP contribution >= 0.6 is 0 Å². The number of nitrogens with zero attached hydrogens (tertiary/aromatic N) is 19. The van der Waals surface area contributed by atoms with Crippen molar-refractivity contribution in [2.24, 2.45) is 0 Å². The van der Waals surface area contributed by atoms with Gasteiger partial charge in [-0.15, -0.1) is 0 Å². The predicted octanol–water partition coefficient (Wildman–Crippen LogP) is -4.60. The minimum absolute atomic E-state index is 0.0364. The smallest absolute Gasteiger partial charge is 0.413 e. The Balaban J connectivity index is 0.872. The third-order valence-corrected chi connectivity index (χ3v) is 17.2. The number of imidazole rings is 2. The Hall–Kier alpha value is -15.6. The van der Waals surface area contributed by atoms with Crippen LogP contribution in [-0.4, -0.2) is 274 Å². The number of benzene rings is 2. The predicted molar refractivity (Wildman–Crippen MR) is 426 cm³/mol. The molecule has 14 N–H and O–H groups in total. The van der Waals surface area contributed by atoms with Crippen LogP contribution < -0.4 is 76.6 Å². The Bertz CT molecular complexity index is 5420. The van der Waals surface area contributed by atoms with Crippen molar-refractivity contribution < 1.29 is 76.5 Å². The first-order valence-electron chi connectivity index (χ1n) is 37.1. The van der Waals surface area contributed by atoms with E-state index in [1.165, 1.54) is 58.6 Å². The maximum absolute atomic E-state index is 14.6. The van der Waals surface area contributed by atoms with Gasteiger partial charge in [0.25, 0.3) is 0 Å². The fraction of sp³-hybridized carbons (Fsp3) is 0.370. The van der Waals surface area contributed by atoms with Crippen LogP contribution in [0.1, 0.15) is 31.9 Å². The highest BCUT2D eigenvalue weighted by Crippen LogP contribution is 2.24. The number of aromatic nitrogens is 14. The monoisotopic (exact) mass is 1680 g/mol. The Morgan fingerprint density at radius 1 is 0.421 bits per heavy atom. The minimum atomic E-state index is -0.942. The van der Waals surface area contributed by atoms with Crippen molar-refractivity contribution in [3.63, 3.8) is 0 Å². The van der Waals surface area contributed by atoms with Gasteiger partial charge >= 0.3 is 35.2 Å². The number of nitrogens with one attached hydrogen (secondary N) is 6. The van der Waals surface area contributed by atoms with Crippen molar-refractivity contribution in [2.75, 3.05) is 134 Å². The van der Waals surface area contributed by atoms with Gasteiger partial charge in [0.1, 0.15) is 81.9 Å². The lowest BCUT2D eigenvalue weighted by molar-refractivity contribution is -0.147. The number of rotatable bonds is 41. The second-order valence-corrected chi connectivity index (χ2v) is 27.4. The molecule has 7 aromatic heterocycles. The molecule has 0 aliphatic heterocycles. The maximum atomic E-state index is 14.6. The lowest BCUT2D eigenvalue weighted by Gasteiger charge is -2.26. The molecular weight excluding hydrogens is 1590 g/mol. The Morgan fingerprint density at radius 3 is 1.21 bits per heavy atom. The largest absolute Gasteiger partial charge is 0.471 e. The molecule has 48 nitrogen and oxygen atoms in total. The molecule has 121 heavy (non-hydrogen) atoms. The Morgan fingerprint density at radius 2 is 0.802 bits per heavy atom. The number of hydrogen-bond acceptors (Lipinski definition) is 32. The van der Waals surface area contributed by atoms with Gasteiger partial charge in [0, 0.05) is 84.0 Å². The van der Waals surface area contributed by atoms with E-state index in [1.807, 2.05) is 30.3 Å². The van der Waals surface area contributed by atoms with Crippen molar-refractivity contribution >= 4 is 123 Å². The Kier molecular flexibility index (Phi) is 31.7. The van der Waals surface area contributed by atoms with Gasteiger partial charge in [0.2, 0.25) is 65.0 Å². The minimum Gasteiger partial charge on any atom is -0.471 e. The van der Waals surface area contributed by atoms with Crippen LogP contribution in [0.2, 0.25) is 0 Å². The second-order valence-electron chi connectivity index (χ2n) is 27.4. The summed E-state index contributed by atoms with van der Waals surface area (Å²) in [6.07, 6.45) is 5.49. The first kappa shape index (κ1) is 89.4. The molecule has 0 aliphatic carbocycles. The molecular formula is C73H89N29O19. The molecule has 0 saturated heterocycles. The average Bonchev–Trinajstić information content (AvgIpc) is 1.66. The topological polar surface area (TPSA) is 626 Å². The SMILES string of the molecule is COC(=O)CN(CCNC(=O)CN(CCNC(=O)CN(CCNC(=O)CN(CCNC(=O)CN(CCNC(=O)OC(C)(C)C)C(=O)Cn1ccc(N)nc1=O)C(=O)Cn1ccc(N)nc1=O)C(=O)Cn1ccc(N)nc1=O)C(=O)Cn1cnc2c(NC(=O)OCc3ccccc3)ncnc21)C(=O)Cn1cnc2c(OCc3ccccc3)nc(N)nc21. The van der Waals surface area contributed by atoms with Gasteiger partial charge in [-0.2, -0.15) is 24.9 Å². The number of nitrogens with two attached hydrogens (primary N) is 4. The normalized spacial score (nSPS) is 11.0. The van der Waals surface area contributed by atoms with E-state index < -0.39 is 192 Å². The number of carbonyl (C=O) groups excluding carboxylic acids is 12. The number of methoxy groups -OCH3 is 1. The van der Waals surface area contributed by atoms with Gasteiger partial charge in [0.05, 0.1) is 45.9 Å². The molecule has 9 aromatic rings. The third kappa shape index (κ3) is 27.8. The average molecular weight is 1680 g/mol. The van der Waals surface area contributed by atoms with E-state index in [0.717, 1.165) is 57.2 Å². The van der Waals surface area contributed by atoms with Crippen molar-refractivity contribution in [1.82, 2.24) is 119 Å². The second kappa shape index (κ2) is 42.9. The molecule has 11 amide bonds. The van der Waals surface area contributed by atoms with E-state index in [-0.39, 0.29) is 103 Å². The van der Waals surface area contributed by atoms with Crippen LogP contribution in [0.25, 0.3) is 22.3 Å². The van der Waals surface area contributed by atoms with Gasteiger partial charge in [0.15, 0.2) is 28.1 Å². The Labute approximate surface area is 686 Å². The number of carbonyl (C=O) groups is 12. The molecule has 48 heteroatoms. The number of esters is 1. The molecule has 0 bridgehead atoms. The van der Waals surface area contributed by atoms with Crippen molar-refractivity contribution in [3.05, 3.63) is 159 Å². The van der Waals surface area contributed by atoms with Gasteiger partial charge in [-0.3, -0.25) is 67.0 Å². The highest BCUT2D eigenvalue weighted by Gasteiger charge is 2.28. The summed E-state index contributed by atoms with van der Waals surface area (Å²) in [6.45, 7) is -5.22. The number of alkyl carbamates (subject to hydrolysis) is 1. The number of anilines is 5. The number of amides is 11. The summed E-state index contributed by atoms with van der Waals surface area (Å²) >= 11 is 0. The number of ether oxygens (including phenoxy) is 4. The standard InChI is InChI=1S/C73H89N29O19/c1-73(2,3)121-71(116)82-22-30-96(57(109)37-100-25-17-50(76)89-70(100)115)34-54(106)79-19-27-94(56(108)36-99-24-16-49(75)88-69(99)114)31-51(103)78-18-26-93(55(107)35-98-23-15-48(74)87-68(98)113)32-52(104)80-20-28-95(58(110)38-101-44-85-61-63(83-43-84-64(61)101)90-72(117)120-42-47-13-9-6-10-14-47)33-53(105)81-21-29-97(40-60(112)118-4)59(111)39-102-45-86-62-65(102)91-67(77)92-66(62)119-41-46-11-7-5-8-12-46/h5-17,23-25,43-45H,18-22,26-42H2,1-4H3,(H,78,103)(H,79,106)(H,80,104)(H,81,105)(H,82,116)(H2,74,87,113)(H2,75,88,114)(H2,76,89,115)(H2,77,91,92)(H,83,84,90,117). The number of hydrogen-bond donors (Lipinski definition) is 10. The summed E-state index contributed by atoms with van der Waals surface area (Å²) in [5.74, 6) is -8.78. The van der Waals surface area contributed by atoms with Gasteiger partial charge in [-0.1, -0.05) is 60.7 Å². The zero-order chi connectivity index (χ0) is 87.3. The molecule has 0 aliphatic rings. The van der Waals surface area contributed by atoms with E-state index >= 15 is 0 Å². The molecule has 7 heterocycles. The van der Waals surface area contributed by atoms with Gasteiger partial charge in [-0.05, 0) is 50.1 Å². The first-order chi connectivity index (χ1) is 57.8. The zero-order valence-electron chi connectivity index (χ0n) is 66.1. The quantitative estimate of drug-likeness (QED) is 0.0127. The number of nitrogen functional groups attached to an aromatic ring is 4. The van der Waals surface area contributed by atoms with Crippen molar-refractivity contribution in [1.29, 1.82) is 0 Å². The molecule has 2 aromatic carbocycles. The summed E-state index contributed by atoms with van der Waals surface area (Å²) in [4.78, 5) is 244. The molecule has 9 rings (SSSR count). The van der Waals surface area contributed by atoms with Crippen LogP contribution in [0, 0.1) is 0 Å². The lowest BCUT2D eigenvalue weighted by Crippen LogP contribution is -2.50. The van der Waals surface area contributed by atoms with Crippen LogP contribution in [0.15, 0.2) is 131 Å². The number of fused-ring (bicyclic) bond motifs is 2. The van der Waals surface area contributed by atoms with Gasteiger partial charge < -0.3 is 102 Å². The van der Waals surface area contributed by atoms with Crippen molar-refractivity contribution in [3.8, 4) is 5.88 Å². The van der Waals surface area contributed by atoms with E-state index in [2.05, 4.69) is 76.8 Å². The van der Waals surface area contributed by atoms with Crippen LogP contribution in [-0.2, 0) is 108 Å².